The molecule has 48 heavy (non-hydrogen) atoms. The summed E-state index contributed by atoms with van der Waals surface area (Å²) >= 11 is 0. The lowest BCUT2D eigenvalue weighted by atomic mass is 9.98. The Kier molecular flexibility index (Phi) is 8.63. The van der Waals surface area contributed by atoms with E-state index in [1.807, 2.05) is 6.92 Å². The standard InChI is InChI=1S/C34H27F3N6O5/c1-17-19-10-12-26(21(19)9-8-20(17)34(47)48-2)41-33(46)29-14-28(32(45)38-15-18-7-11-23(35)25(37)13-18)40-30-22(16-39-43(29)30)31(44)42-27-6-4-3-5-24(27)36/h3-9,11,13-14,16,26H,10,12,15H2,1-2H3,(H,38,45)(H,41,46)(H,42,44)/t26-/m0/s1. The van der Waals surface area contributed by atoms with E-state index < -0.39 is 47.2 Å². The number of benzene rings is 3. The third-order valence-corrected chi connectivity index (χ3v) is 8.14. The van der Waals surface area contributed by atoms with Gasteiger partial charge < -0.3 is 20.7 Å². The van der Waals surface area contributed by atoms with Gasteiger partial charge in [0.25, 0.3) is 17.7 Å². The van der Waals surface area contributed by atoms with Gasteiger partial charge in [-0.05, 0) is 72.4 Å². The molecule has 1 aliphatic rings. The summed E-state index contributed by atoms with van der Waals surface area (Å²) in [5.41, 5.74) is 2.32. The maximum Gasteiger partial charge on any atom is 0.338 e. The molecule has 0 fully saturated rings. The number of hydrogen-bond donors (Lipinski definition) is 3. The van der Waals surface area contributed by atoms with Crippen LogP contribution in [0.5, 0.6) is 0 Å². The van der Waals surface area contributed by atoms with Crippen molar-refractivity contribution in [1.82, 2.24) is 25.2 Å². The Bertz CT molecular complexity index is 2130. The van der Waals surface area contributed by atoms with Crippen molar-refractivity contribution < 1.29 is 37.1 Å². The van der Waals surface area contributed by atoms with E-state index in [9.17, 15) is 32.3 Å². The van der Waals surface area contributed by atoms with Gasteiger partial charge in [-0.2, -0.15) is 5.10 Å². The molecule has 14 heteroatoms. The van der Waals surface area contributed by atoms with Gasteiger partial charge in [-0.15, -0.1) is 0 Å². The van der Waals surface area contributed by atoms with Gasteiger partial charge in [-0.25, -0.2) is 27.5 Å². The zero-order chi connectivity index (χ0) is 34.1. The number of nitrogens with one attached hydrogen (secondary N) is 3. The second-order valence-corrected chi connectivity index (χ2v) is 11.0. The number of amides is 3. The third kappa shape index (κ3) is 6.07. The molecule has 244 valence electrons. The molecule has 0 bridgehead atoms. The third-order valence-electron chi connectivity index (χ3n) is 8.14. The molecule has 0 radical (unpaired) electrons. The smallest absolute Gasteiger partial charge is 0.338 e. The summed E-state index contributed by atoms with van der Waals surface area (Å²) in [6, 6.07) is 12.8. The number of rotatable bonds is 8. The number of aromatic nitrogens is 3. The van der Waals surface area contributed by atoms with Crippen LogP contribution in [-0.2, 0) is 17.7 Å². The second kappa shape index (κ2) is 13.0. The fraction of sp³-hybridized carbons (Fsp3) is 0.176. The van der Waals surface area contributed by atoms with Gasteiger partial charge in [0.05, 0.1) is 30.6 Å². The molecule has 0 aliphatic heterocycles. The van der Waals surface area contributed by atoms with Crippen molar-refractivity contribution in [3.63, 3.8) is 0 Å². The minimum atomic E-state index is -1.09. The number of nitrogens with zero attached hydrogens (tertiary/aromatic N) is 3. The summed E-state index contributed by atoms with van der Waals surface area (Å²) in [6.07, 6.45) is 2.25. The normalized spacial score (nSPS) is 13.6. The first-order valence-electron chi connectivity index (χ1n) is 14.7. The number of carbonyl (C=O) groups is 4. The number of carbonyl (C=O) groups excluding carboxylic acids is 4. The highest BCUT2D eigenvalue weighted by Crippen LogP contribution is 2.35. The Morgan fingerprint density at radius 1 is 0.917 bits per heavy atom. The van der Waals surface area contributed by atoms with Gasteiger partial charge in [0.2, 0.25) is 0 Å². The number of methoxy groups -OCH3 is 1. The first-order chi connectivity index (χ1) is 23.0. The van der Waals surface area contributed by atoms with E-state index in [1.54, 1.807) is 12.1 Å². The van der Waals surface area contributed by atoms with E-state index in [-0.39, 0.29) is 40.4 Å². The molecule has 6 rings (SSSR count). The fourth-order valence-corrected chi connectivity index (χ4v) is 5.67. The van der Waals surface area contributed by atoms with Gasteiger partial charge in [0.15, 0.2) is 17.3 Å². The number of fused-ring (bicyclic) bond motifs is 2. The van der Waals surface area contributed by atoms with Crippen LogP contribution in [0.4, 0.5) is 18.9 Å². The lowest BCUT2D eigenvalue weighted by Gasteiger charge is -2.16. The number of anilines is 1. The van der Waals surface area contributed by atoms with Crippen molar-refractivity contribution in [2.45, 2.75) is 32.4 Å². The van der Waals surface area contributed by atoms with Gasteiger partial charge in [-0.3, -0.25) is 14.4 Å². The number of ether oxygens (including phenoxy) is 1. The molecular weight excluding hydrogens is 629 g/mol. The molecule has 2 heterocycles. The highest BCUT2D eigenvalue weighted by Gasteiger charge is 2.30. The maximum absolute atomic E-state index is 14.3. The average molecular weight is 657 g/mol. The Hall–Kier alpha value is -6.05. The van der Waals surface area contributed by atoms with Crippen molar-refractivity contribution in [2.75, 3.05) is 12.4 Å². The summed E-state index contributed by atoms with van der Waals surface area (Å²) in [5.74, 6) is -5.50. The zero-order valence-electron chi connectivity index (χ0n) is 25.6. The first-order valence-corrected chi connectivity index (χ1v) is 14.7. The number of esters is 1. The van der Waals surface area contributed by atoms with E-state index in [0.29, 0.717) is 18.4 Å². The first kappa shape index (κ1) is 31.9. The van der Waals surface area contributed by atoms with Crippen molar-refractivity contribution >= 4 is 35.0 Å². The van der Waals surface area contributed by atoms with Crippen molar-refractivity contribution in [1.29, 1.82) is 0 Å². The molecule has 1 atom stereocenters. The largest absolute Gasteiger partial charge is 0.465 e. The quantitative estimate of drug-likeness (QED) is 0.203. The summed E-state index contributed by atoms with van der Waals surface area (Å²) in [4.78, 5) is 56.9. The molecule has 11 nitrogen and oxygen atoms in total. The molecule has 0 saturated heterocycles. The number of halogens is 3. The Labute approximate surface area is 271 Å². The van der Waals surface area contributed by atoms with Gasteiger partial charge in [0.1, 0.15) is 22.8 Å². The topological polar surface area (TPSA) is 144 Å². The summed E-state index contributed by atoms with van der Waals surface area (Å²) in [6.45, 7) is 1.61. The molecule has 0 spiro atoms. The van der Waals surface area contributed by atoms with Crippen LogP contribution < -0.4 is 16.0 Å². The fourth-order valence-electron chi connectivity index (χ4n) is 5.67. The van der Waals surface area contributed by atoms with Gasteiger partial charge in [0, 0.05) is 12.6 Å². The van der Waals surface area contributed by atoms with Crippen LogP contribution >= 0.6 is 0 Å². The SMILES string of the molecule is COC(=O)c1ccc2c(c1C)CC[C@@H]2NC(=O)c1cc(C(=O)NCc2ccc(F)c(F)c2)nc2c(C(=O)Nc3ccccc3F)cnn12. The molecule has 5 aromatic rings. The molecule has 3 N–H and O–H groups in total. The second-order valence-electron chi connectivity index (χ2n) is 11.0. The predicted octanol–water partition coefficient (Wildman–Crippen LogP) is 4.84. The highest BCUT2D eigenvalue weighted by molar-refractivity contribution is 6.09. The van der Waals surface area contributed by atoms with E-state index in [0.717, 1.165) is 39.5 Å². The van der Waals surface area contributed by atoms with Crippen LogP contribution in [0.25, 0.3) is 5.65 Å². The minimum Gasteiger partial charge on any atom is -0.465 e. The van der Waals surface area contributed by atoms with Crippen molar-refractivity contribution in [2.24, 2.45) is 0 Å². The Morgan fingerprint density at radius 3 is 2.46 bits per heavy atom. The molecule has 3 amide bonds. The van der Waals surface area contributed by atoms with Crippen molar-refractivity contribution in [3.05, 3.63) is 129 Å². The molecule has 3 aromatic carbocycles. The summed E-state index contributed by atoms with van der Waals surface area (Å²) < 4.78 is 47.4. The van der Waals surface area contributed by atoms with Crippen LogP contribution in [0, 0.1) is 24.4 Å². The van der Waals surface area contributed by atoms with Gasteiger partial charge >= 0.3 is 5.97 Å². The summed E-state index contributed by atoms with van der Waals surface area (Å²) in [7, 11) is 1.30. The lowest BCUT2D eigenvalue weighted by molar-refractivity contribution is 0.0599. The van der Waals surface area contributed by atoms with Crippen molar-refractivity contribution in [3.8, 4) is 0 Å². The van der Waals surface area contributed by atoms with E-state index in [2.05, 4.69) is 26.0 Å². The number of para-hydroxylation sites is 1. The van der Waals surface area contributed by atoms with Crippen LogP contribution in [0.15, 0.2) is 66.9 Å². The predicted molar refractivity (Wildman–Crippen MR) is 166 cm³/mol. The van der Waals surface area contributed by atoms with Crippen LogP contribution in [-0.4, -0.2) is 45.4 Å². The monoisotopic (exact) mass is 656 g/mol. The van der Waals surface area contributed by atoms with E-state index >= 15 is 0 Å². The van der Waals surface area contributed by atoms with E-state index in [4.69, 9.17) is 4.74 Å². The number of hydrogen-bond acceptors (Lipinski definition) is 7. The Morgan fingerprint density at radius 2 is 1.71 bits per heavy atom. The van der Waals surface area contributed by atoms with E-state index in [1.165, 1.54) is 43.5 Å². The zero-order valence-corrected chi connectivity index (χ0v) is 25.6. The minimum absolute atomic E-state index is 0.106. The average Bonchev–Trinajstić information content (AvgIpc) is 3.70. The lowest BCUT2D eigenvalue weighted by Crippen LogP contribution is -2.31. The maximum atomic E-state index is 14.3. The Balaban J connectivity index is 1.34. The molecular formula is C34H27F3N6O5. The van der Waals surface area contributed by atoms with Crippen LogP contribution in [0.1, 0.15) is 76.4 Å². The highest BCUT2D eigenvalue weighted by atomic mass is 19.2. The molecule has 1 aliphatic carbocycles. The van der Waals surface area contributed by atoms with Crippen LogP contribution in [0.2, 0.25) is 0 Å². The molecule has 0 unspecified atom stereocenters. The van der Waals surface area contributed by atoms with Crippen LogP contribution in [0.3, 0.4) is 0 Å². The molecule has 2 aromatic heterocycles. The molecule has 0 saturated carbocycles. The van der Waals surface area contributed by atoms with Gasteiger partial charge in [-0.1, -0.05) is 24.3 Å². The summed E-state index contributed by atoms with van der Waals surface area (Å²) in [5, 5.41) is 12.1.